The first-order valence-electron chi connectivity index (χ1n) is 6.77. The molecule has 0 bridgehead atoms. The molecule has 20 heavy (non-hydrogen) atoms. The van der Waals surface area contributed by atoms with E-state index in [1.807, 2.05) is 32.0 Å². The Morgan fingerprint density at radius 2 is 2.05 bits per heavy atom. The highest BCUT2D eigenvalue weighted by Gasteiger charge is 2.29. The number of carbonyl (C=O) groups is 2. The van der Waals surface area contributed by atoms with Crippen LogP contribution < -0.4 is 10.1 Å². The van der Waals surface area contributed by atoms with Gasteiger partial charge in [0.05, 0.1) is 0 Å². The summed E-state index contributed by atoms with van der Waals surface area (Å²) in [6, 6.07) is 5.42. The number of piperazine rings is 1. The number of rotatable bonds is 3. The van der Waals surface area contributed by atoms with Crippen LogP contribution in [0.4, 0.5) is 0 Å². The van der Waals surface area contributed by atoms with Crippen molar-refractivity contribution in [3.63, 3.8) is 0 Å². The maximum atomic E-state index is 12.2. The molecule has 2 rings (SSSR count). The Kier molecular flexibility index (Phi) is 4.27. The molecular formula is C15H20N2O3. The number of hydrogen-bond donors (Lipinski definition) is 1. The van der Waals surface area contributed by atoms with Crippen LogP contribution in [0.2, 0.25) is 0 Å². The molecule has 1 aliphatic heterocycles. The first-order chi connectivity index (χ1) is 9.50. The van der Waals surface area contributed by atoms with Crippen LogP contribution >= 0.6 is 0 Å². The second-order valence-electron chi connectivity index (χ2n) is 5.06. The van der Waals surface area contributed by atoms with Crippen LogP contribution in [-0.2, 0) is 9.59 Å². The highest BCUT2D eigenvalue weighted by molar-refractivity contribution is 5.89. The molecule has 1 atom stereocenters. The molecule has 1 aliphatic rings. The molecule has 2 amide bonds. The number of benzene rings is 1. The topological polar surface area (TPSA) is 58.6 Å². The zero-order valence-corrected chi connectivity index (χ0v) is 12.1. The number of ether oxygens (including phenoxy) is 1. The summed E-state index contributed by atoms with van der Waals surface area (Å²) in [4.78, 5) is 25.3. The predicted molar refractivity (Wildman–Crippen MR) is 75.6 cm³/mol. The molecule has 0 spiro atoms. The van der Waals surface area contributed by atoms with E-state index in [9.17, 15) is 9.59 Å². The van der Waals surface area contributed by atoms with Gasteiger partial charge in [-0.15, -0.1) is 0 Å². The smallest absolute Gasteiger partial charge is 0.261 e. The highest BCUT2D eigenvalue weighted by Crippen LogP contribution is 2.22. The standard InChI is InChI=1S/C15H20N2O3/c1-10-5-4-6-11(2)14(10)20-9-13(18)17-8-7-16-15(19)12(17)3/h4-6,12H,7-9H2,1-3H3,(H,16,19). The Morgan fingerprint density at radius 1 is 1.40 bits per heavy atom. The minimum atomic E-state index is -0.433. The van der Waals surface area contributed by atoms with Crippen LogP contribution in [0.3, 0.4) is 0 Å². The van der Waals surface area contributed by atoms with Gasteiger partial charge in [0, 0.05) is 13.1 Å². The van der Waals surface area contributed by atoms with Gasteiger partial charge in [0.15, 0.2) is 6.61 Å². The molecule has 1 heterocycles. The number of nitrogens with zero attached hydrogens (tertiary/aromatic N) is 1. The highest BCUT2D eigenvalue weighted by atomic mass is 16.5. The summed E-state index contributed by atoms with van der Waals surface area (Å²) < 4.78 is 5.64. The molecule has 1 aromatic carbocycles. The first kappa shape index (κ1) is 14.4. The Balaban J connectivity index is 2.00. The average Bonchev–Trinajstić information content (AvgIpc) is 2.41. The second-order valence-corrected chi connectivity index (χ2v) is 5.06. The molecule has 0 saturated carbocycles. The number of para-hydroxylation sites is 1. The number of nitrogens with one attached hydrogen (secondary N) is 1. The Labute approximate surface area is 118 Å². The van der Waals surface area contributed by atoms with E-state index in [0.717, 1.165) is 16.9 Å². The molecule has 1 unspecified atom stereocenters. The van der Waals surface area contributed by atoms with E-state index in [1.165, 1.54) is 0 Å². The Morgan fingerprint density at radius 3 is 2.70 bits per heavy atom. The SMILES string of the molecule is Cc1cccc(C)c1OCC(=O)N1CCNC(=O)C1C. The summed E-state index contributed by atoms with van der Waals surface area (Å²) in [6.45, 7) is 6.61. The molecule has 108 valence electrons. The van der Waals surface area contributed by atoms with Gasteiger partial charge in [-0.25, -0.2) is 0 Å². The van der Waals surface area contributed by atoms with Gasteiger partial charge in [0.2, 0.25) is 5.91 Å². The number of aryl methyl sites for hydroxylation is 2. The van der Waals surface area contributed by atoms with Crippen molar-refractivity contribution in [1.29, 1.82) is 0 Å². The summed E-state index contributed by atoms with van der Waals surface area (Å²) in [6.07, 6.45) is 0. The fourth-order valence-corrected chi connectivity index (χ4v) is 2.37. The predicted octanol–water partition coefficient (Wildman–Crippen LogP) is 1.03. The van der Waals surface area contributed by atoms with Gasteiger partial charge in [-0.05, 0) is 31.9 Å². The summed E-state index contributed by atoms with van der Waals surface area (Å²) in [5.74, 6) is 0.474. The summed E-state index contributed by atoms with van der Waals surface area (Å²) in [5, 5.41) is 2.74. The van der Waals surface area contributed by atoms with Gasteiger partial charge >= 0.3 is 0 Å². The number of amides is 2. The Bertz CT molecular complexity index is 508. The van der Waals surface area contributed by atoms with Crippen LogP contribution in [0.15, 0.2) is 18.2 Å². The van der Waals surface area contributed by atoms with Crippen molar-refractivity contribution in [3.8, 4) is 5.75 Å². The fourth-order valence-electron chi connectivity index (χ4n) is 2.37. The maximum absolute atomic E-state index is 12.2. The van der Waals surface area contributed by atoms with Crippen molar-refractivity contribution in [2.45, 2.75) is 26.8 Å². The van der Waals surface area contributed by atoms with E-state index in [2.05, 4.69) is 5.32 Å². The van der Waals surface area contributed by atoms with E-state index in [1.54, 1.807) is 11.8 Å². The van der Waals surface area contributed by atoms with Crippen molar-refractivity contribution >= 4 is 11.8 Å². The molecule has 0 radical (unpaired) electrons. The van der Waals surface area contributed by atoms with Crippen molar-refractivity contribution in [2.24, 2.45) is 0 Å². The quantitative estimate of drug-likeness (QED) is 0.897. The summed E-state index contributed by atoms with van der Waals surface area (Å²) >= 11 is 0. The van der Waals surface area contributed by atoms with E-state index in [0.29, 0.717) is 13.1 Å². The van der Waals surface area contributed by atoms with E-state index in [4.69, 9.17) is 4.74 Å². The van der Waals surface area contributed by atoms with Gasteiger partial charge in [-0.1, -0.05) is 18.2 Å². The molecule has 1 aromatic rings. The molecule has 0 aliphatic carbocycles. The van der Waals surface area contributed by atoms with Crippen molar-refractivity contribution in [3.05, 3.63) is 29.3 Å². The van der Waals surface area contributed by atoms with Crippen molar-refractivity contribution in [2.75, 3.05) is 19.7 Å². The average molecular weight is 276 g/mol. The van der Waals surface area contributed by atoms with E-state index in [-0.39, 0.29) is 18.4 Å². The lowest BCUT2D eigenvalue weighted by Crippen LogP contribution is -2.56. The number of hydrogen-bond acceptors (Lipinski definition) is 3. The zero-order chi connectivity index (χ0) is 14.7. The van der Waals surface area contributed by atoms with Gasteiger partial charge in [-0.3, -0.25) is 9.59 Å². The van der Waals surface area contributed by atoms with Crippen molar-refractivity contribution < 1.29 is 14.3 Å². The second kappa shape index (κ2) is 5.94. The normalized spacial score (nSPS) is 18.6. The van der Waals surface area contributed by atoms with Gasteiger partial charge in [-0.2, -0.15) is 0 Å². The number of carbonyl (C=O) groups excluding carboxylic acids is 2. The van der Waals surface area contributed by atoms with Crippen LogP contribution in [0.1, 0.15) is 18.1 Å². The van der Waals surface area contributed by atoms with Crippen LogP contribution in [0.5, 0.6) is 5.75 Å². The molecule has 0 aromatic heterocycles. The first-order valence-corrected chi connectivity index (χ1v) is 6.77. The minimum absolute atomic E-state index is 0.0384. The Hall–Kier alpha value is -2.04. The third-order valence-electron chi connectivity index (χ3n) is 3.57. The molecule has 5 heteroatoms. The minimum Gasteiger partial charge on any atom is -0.483 e. The fraction of sp³-hybridized carbons (Fsp3) is 0.467. The summed E-state index contributed by atoms with van der Waals surface area (Å²) in [5.41, 5.74) is 2.00. The molecule has 1 fully saturated rings. The van der Waals surface area contributed by atoms with Crippen LogP contribution in [-0.4, -0.2) is 42.5 Å². The monoisotopic (exact) mass is 276 g/mol. The third kappa shape index (κ3) is 2.92. The van der Waals surface area contributed by atoms with Crippen LogP contribution in [0, 0.1) is 13.8 Å². The largest absolute Gasteiger partial charge is 0.483 e. The van der Waals surface area contributed by atoms with E-state index >= 15 is 0 Å². The van der Waals surface area contributed by atoms with Gasteiger partial charge < -0.3 is 15.0 Å². The lowest BCUT2D eigenvalue weighted by atomic mass is 10.1. The molecule has 1 N–H and O–H groups in total. The van der Waals surface area contributed by atoms with Crippen molar-refractivity contribution in [1.82, 2.24) is 10.2 Å². The zero-order valence-electron chi connectivity index (χ0n) is 12.1. The lowest BCUT2D eigenvalue weighted by molar-refractivity contribution is -0.143. The van der Waals surface area contributed by atoms with Gasteiger partial charge in [0.1, 0.15) is 11.8 Å². The van der Waals surface area contributed by atoms with Gasteiger partial charge in [0.25, 0.3) is 5.91 Å². The summed E-state index contributed by atoms with van der Waals surface area (Å²) in [7, 11) is 0. The molecular weight excluding hydrogens is 256 g/mol. The van der Waals surface area contributed by atoms with Crippen LogP contribution in [0.25, 0.3) is 0 Å². The molecule has 1 saturated heterocycles. The lowest BCUT2D eigenvalue weighted by Gasteiger charge is -2.32. The maximum Gasteiger partial charge on any atom is 0.261 e. The molecule has 5 nitrogen and oxygen atoms in total. The third-order valence-corrected chi connectivity index (χ3v) is 3.57. The van der Waals surface area contributed by atoms with E-state index < -0.39 is 6.04 Å².